The largest absolute Gasteiger partial charge is 0.387 e. The van der Waals surface area contributed by atoms with E-state index in [0.29, 0.717) is 11.3 Å². The number of anilines is 2. The second kappa shape index (κ2) is 9.07. The van der Waals surface area contributed by atoms with Crippen LogP contribution in [-0.4, -0.2) is 67.9 Å². The molecule has 2 aromatic rings. The highest BCUT2D eigenvalue weighted by molar-refractivity contribution is 5.97. The Morgan fingerprint density at radius 2 is 1.75 bits per heavy atom. The van der Waals surface area contributed by atoms with E-state index in [-0.39, 0.29) is 11.7 Å². The molecule has 0 saturated carbocycles. The van der Waals surface area contributed by atoms with Gasteiger partial charge in [0.15, 0.2) is 12.3 Å². The lowest BCUT2D eigenvalue weighted by molar-refractivity contribution is -0.132. The predicted octanol–water partition coefficient (Wildman–Crippen LogP) is -0.290. The quantitative estimate of drug-likeness (QED) is 0.501. The van der Waals surface area contributed by atoms with Gasteiger partial charge in [0.1, 0.15) is 18.0 Å². The molecule has 2 amide bonds. The number of hydrogen-bond acceptors (Lipinski definition) is 8. The van der Waals surface area contributed by atoms with E-state index >= 15 is 0 Å². The SMILES string of the molecule is Nc1ccn([C@@H]2O[C@H](C(=O)Nc3ccc(C(=O)N4CCCCC4)cc3)[C@@H](O)[C@H]2O)c(=O)n1. The van der Waals surface area contributed by atoms with Gasteiger partial charge in [0.2, 0.25) is 0 Å². The molecule has 4 rings (SSSR count). The summed E-state index contributed by atoms with van der Waals surface area (Å²) in [6, 6.07) is 7.74. The number of hydrogen-bond donors (Lipinski definition) is 4. The molecule has 0 bridgehead atoms. The number of benzene rings is 1. The summed E-state index contributed by atoms with van der Waals surface area (Å²) in [4.78, 5) is 42.6. The third-order valence-electron chi connectivity index (χ3n) is 5.67. The number of carbonyl (C=O) groups is 2. The molecule has 0 radical (unpaired) electrons. The van der Waals surface area contributed by atoms with Crippen molar-refractivity contribution in [1.29, 1.82) is 0 Å². The average molecular weight is 443 g/mol. The second-order valence-corrected chi connectivity index (χ2v) is 7.89. The van der Waals surface area contributed by atoms with Gasteiger partial charge >= 0.3 is 5.69 Å². The molecule has 11 heteroatoms. The highest BCUT2D eigenvalue weighted by Crippen LogP contribution is 2.29. The van der Waals surface area contributed by atoms with Gasteiger partial charge in [-0.3, -0.25) is 14.2 Å². The third kappa shape index (κ3) is 4.35. The molecule has 4 atom stereocenters. The van der Waals surface area contributed by atoms with Gasteiger partial charge in [-0.05, 0) is 49.6 Å². The van der Waals surface area contributed by atoms with Crippen LogP contribution in [0.2, 0.25) is 0 Å². The lowest BCUT2D eigenvalue weighted by Crippen LogP contribution is -2.39. The molecule has 0 spiro atoms. The monoisotopic (exact) mass is 443 g/mol. The van der Waals surface area contributed by atoms with Crippen molar-refractivity contribution in [3.05, 3.63) is 52.6 Å². The Bertz CT molecular complexity index is 1050. The summed E-state index contributed by atoms with van der Waals surface area (Å²) < 4.78 is 6.43. The van der Waals surface area contributed by atoms with Crippen molar-refractivity contribution in [3.8, 4) is 0 Å². The van der Waals surface area contributed by atoms with Gasteiger partial charge in [0, 0.05) is 30.5 Å². The Hall–Kier alpha value is -3.28. The zero-order chi connectivity index (χ0) is 22.8. The minimum absolute atomic E-state index is 0.00389. The van der Waals surface area contributed by atoms with Gasteiger partial charge in [-0.2, -0.15) is 4.98 Å². The Balaban J connectivity index is 1.42. The molecule has 2 aliphatic rings. The molecule has 170 valence electrons. The van der Waals surface area contributed by atoms with Gasteiger partial charge in [-0.25, -0.2) is 4.79 Å². The van der Waals surface area contributed by atoms with Crippen LogP contribution in [0.3, 0.4) is 0 Å². The number of nitrogen functional groups attached to an aromatic ring is 1. The van der Waals surface area contributed by atoms with E-state index in [0.717, 1.165) is 36.9 Å². The number of ether oxygens (including phenoxy) is 1. The smallest absolute Gasteiger partial charge is 0.351 e. The van der Waals surface area contributed by atoms with Crippen LogP contribution in [0.15, 0.2) is 41.3 Å². The summed E-state index contributed by atoms with van der Waals surface area (Å²) >= 11 is 0. The van der Waals surface area contributed by atoms with Crippen molar-refractivity contribution in [1.82, 2.24) is 14.5 Å². The first-order valence-electron chi connectivity index (χ1n) is 10.4. The summed E-state index contributed by atoms with van der Waals surface area (Å²) in [5.41, 5.74) is 5.59. The number of piperidine rings is 1. The summed E-state index contributed by atoms with van der Waals surface area (Å²) in [6.45, 7) is 1.48. The number of nitrogens with one attached hydrogen (secondary N) is 1. The fourth-order valence-corrected chi connectivity index (χ4v) is 3.91. The van der Waals surface area contributed by atoms with Crippen molar-refractivity contribution in [2.24, 2.45) is 0 Å². The fourth-order valence-electron chi connectivity index (χ4n) is 3.91. The maximum absolute atomic E-state index is 12.6. The van der Waals surface area contributed by atoms with E-state index in [1.807, 2.05) is 4.90 Å². The molecule has 11 nitrogen and oxygen atoms in total. The number of aromatic nitrogens is 2. The summed E-state index contributed by atoms with van der Waals surface area (Å²) in [7, 11) is 0. The number of nitrogens with two attached hydrogens (primary N) is 1. The average Bonchev–Trinajstić information content (AvgIpc) is 3.09. The van der Waals surface area contributed by atoms with Gasteiger partial charge < -0.3 is 30.9 Å². The van der Waals surface area contributed by atoms with E-state index in [9.17, 15) is 24.6 Å². The van der Waals surface area contributed by atoms with Crippen LogP contribution in [0.4, 0.5) is 11.5 Å². The Labute approximate surface area is 183 Å². The van der Waals surface area contributed by atoms with E-state index < -0.39 is 36.1 Å². The topological polar surface area (TPSA) is 160 Å². The van der Waals surface area contributed by atoms with E-state index in [2.05, 4.69) is 10.3 Å². The first-order valence-corrected chi connectivity index (χ1v) is 10.4. The van der Waals surface area contributed by atoms with Crippen molar-refractivity contribution >= 4 is 23.3 Å². The molecular weight excluding hydrogens is 418 g/mol. The molecule has 3 heterocycles. The number of aliphatic hydroxyl groups excluding tert-OH is 2. The minimum atomic E-state index is -1.57. The second-order valence-electron chi connectivity index (χ2n) is 7.89. The standard InChI is InChI=1S/C21H25N5O6/c22-14-8-11-26(21(31)24-14)20-16(28)15(27)17(32-20)18(29)23-13-6-4-12(5-7-13)19(30)25-9-2-1-3-10-25/h4-8,11,15-17,20,27-28H,1-3,9-10H2,(H,23,29)(H2,22,24,31)/t15-,16+,17-,20+/m0/s1. The van der Waals surface area contributed by atoms with Crippen molar-refractivity contribution in [2.45, 2.75) is 43.8 Å². The van der Waals surface area contributed by atoms with Crippen LogP contribution in [0.1, 0.15) is 35.8 Å². The highest BCUT2D eigenvalue weighted by atomic mass is 16.6. The molecule has 1 aromatic carbocycles. The van der Waals surface area contributed by atoms with E-state index in [1.54, 1.807) is 24.3 Å². The Morgan fingerprint density at radius 3 is 2.41 bits per heavy atom. The van der Waals surface area contributed by atoms with Gasteiger partial charge in [0.05, 0.1) is 0 Å². The fraction of sp³-hybridized carbons (Fsp3) is 0.429. The lowest BCUT2D eigenvalue weighted by Gasteiger charge is -2.26. The van der Waals surface area contributed by atoms with Crippen LogP contribution in [0, 0.1) is 0 Å². The van der Waals surface area contributed by atoms with Gasteiger partial charge in [-0.15, -0.1) is 0 Å². The predicted molar refractivity (Wildman–Crippen MR) is 114 cm³/mol. The van der Waals surface area contributed by atoms with E-state index in [4.69, 9.17) is 10.5 Å². The van der Waals surface area contributed by atoms with Gasteiger partial charge in [0.25, 0.3) is 11.8 Å². The van der Waals surface area contributed by atoms with Crippen LogP contribution in [0.25, 0.3) is 0 Å². The maximum atomic E-state index is 12.6. The van der Waals surface area contributed by atoms with Crippen LogP contribution in [-0.2, 0) is 9.53 Å². The normalized spacial score (nSPS) is 25.5. The number of amides is 2. The number of nitrogens with zero attached hydrogens (tertiary/aromatic N) is 3. The first-order chi connectivity index (χ1) is 15.3. The minimum Gasteiger partial charge on any atom is -0.387 e. The third-order valence-corrected chi connectivity index (χ3v) is 5.67. The molecule has 5 N–H and O–H groups in total. The lowest BCUT2D eigenvalue weighted by atomic mass is 10.1. The number of carbonyl (C=O) groups excluding carboxylic acids is 2. The molecule has 2 fully saturated rings. The number of aliphatic hydroxyl groups is 2. The zero-order valence-electron chi connectivity index (χ0n) is 17.3. The summed E-state index contributed by atoms with van der Waals surface area (Å²) in [5.74, 6) is -0.757. The molecule has 1 aromatic heterocycles. The Kier molecular flexibility index (Phi) is 6.21. The van der Waals surface area contributed by atoms with Crippen molar-refractivity contribution in [2.75, 3.05) is 24.1 Å². The first kappa shape index (κ1) is 21.9. The van der Waals surface area contributed by atoms with Crippen LogP contribution < -0.4 is 16.7 Å². The summed E-state index contributed by atoms with van der Waals surface area (Å²) in [5, 5.41) is 23.2. The molecule has 32 heavy (non-hydrogen) atoms. The van der Waals surface area contributed by atoms with Crippen LogP contribution >= 0.6 is 0 Å². The van der Waals surface area contributed by atoms with E-state index in [1.165, 1.54) is 12.3 Å². The summed E-state index contributed by atoms with van der Waals surface area (Å²) in [6.07, 6.45) is -1.43. The number of likely N-dealkylation sites (tertiary alicyclic amines) is 1. The van der Waals surface area contributed by atoms with Crippen LogP contribution in [0.5, 0.6) is 0 Å². The van der Waals surface area contributed by atoms with Crippen molar-refractivity contribution in [3.63, 3.8) is 0 Å². The zero-order valence-corrected chi connectivity index (χ0v) is 17.3. The maximum Gasteiger partial charge on any atom is 0.351 e. The molecular formula is C21H25N5O6. The molecule has 2 aliphatic heterocycles. The highest BCUT2D eigenvalue weighted by Gasteiger charge is 2.47. The number of rotatable bonds is 4. The van der Waals surface area contributed by atoms with Crippen molar-refractivity contribution < 1.29 is 24.5 Å². The Morgan fingerprint density at radius 1 is 1.06 bits per heavy atom. The molecule has 0 aliphatic carbocycles. The van der Waals surface area contributed by atoms with Gasteiger partial charge in [-0.1, -0.05) is 0 Å². The molecule has 2 saturated heterocycles. The molecule has 0 unspecified atom stereocenters.